The summed E-state index contributed by atoms with van der Waals surface area (Å²) in [6.07, 6.45) is 4.26. The summed E-state index contributed by atoms with van der Waals surface area (Å²) in [6.45, 7) is 5.98. The van der Waals surface area contributed by atoms with Gasteiger partial charge in [-0.15, -0.1) is 22.7 Å². The number of fused-ring (bicyclic) bond motifs is 6. The smallest absolute Gasteiger partial charge is 0.182 e. The molecule has 1 aliphatic heterocycles. The lowest BCUT2D eigenvalue weighted by Crippen LogP contribution is -2.16. The molecule has 0 bridgehead atoms. The maximum Gasteiger partial charge on any atom is 0.182 e. The Labute approximate surface area is 282 Å². The van der Waals surface area contributed by atoms with E-state index >= 15 is 0 Å². The zero-order valence-electron chi connectivity index (χ0n) is 26.5. The summed E-state index contributed by atoms with van der Waals surface area (Å²) in [7, 11) is 0. The number of hydrogen-bond donors (Lipinski definition) is 0. The Kier molecular flexibility index (Phi) is 9.53. The van der Waals surface area contributed by atoms with Crippen LogP contribution in [0.15, 0.2) is 48.5 Å². The standard InChI is InChI=1S/C19H18F2O3S.C18H16F2O2S/c1-2-22-14-7-5-12-13-6-8-15(24-10-11-4-3-9-23-11)17(21)19(13)25-18(12)16(14)20;1-2-21-13-7-5-11-12-6-8-14(22-9-10-3-4-10)16(20)18(12)23-17(11)15(13)19/h5-8,11H,2-4,9-10H2,1H3;5-8,10H,2-4,9H2,1H3. The van der Waals surface area contributed by atoms with Gasteiger partial charge in [-0.25, -0.2) is 17.6 Å². The van der Waals surface area contributed by atoms with Crippen molar-refractivity contribution >= 4 is 63.0 Å². The second-order valence-corrected chi connectivity index (χ2v) is 13.8. The average Bonchev–Trinajstić information content (AvgIpc) is 3.43. The molecular weight excluding hydrogens is 665 g/mol. The molecular formula is C37H34F4O5S2. The summed E-state index contributed by atoms with van der Waals surface area (Å²) in [5, 5.41) is 2.79. The highest BCUT2D eigenvalue weighted by molar-refractivity contribution is 7.26. The summed E-state index contributed by atoms with van der Waals surface area (Å²) in [4.78, 5) is 0. The second-order valence-electron chi connectivity index (χ2n) is 11.8. The van der Waals surface area contributed by atoms with E-state index in [-0.39, 0.29) is 29.1 Å². The molecule has 252 valence electrons. The molecule has 1 aliphatic carbocycles. The number of hydrogen-bond acceptors (Lipinski definition) is 7. The van der Waals surface area contributed by atoms with Crippen LogP contribution in [-0.4, -0.2) is 39.1 Å². The molecule has 48 heavy (non-hydrogen) atoms. The number of ether oxygens (including phenoxy) is 5. The van der Waals surface area contributed by atoms with Crippen molar-refractivity contribution in [3.8, 4) is 23.0 Å². The van der Waals surface area contributed by atoms with Gasteiger partial charge in [-0.2, -0.15) is 0 Å². The molecule has 3 heterocycles. The first-order valence-corrected chi connectivity index (χ1v) is 17.8. The van der Waals surface area contributed by atoms with Crippen LogP contribution < -0.4 is 18.9 Å². The minimum atomic E-state index is -0.450. The SMILES string of the molecule is CCOc1ccc2c(sc3c(F)c(OCC4CC4)ccc32)c1F.CCOc1ccc2c(sc3c(F)c(OCC4CCCO4)ccc32)c1F. The van der Waals surface area contributed by atoms with E-state index in [2.05, 4.69) is 0 Å². The molecule has 2 fully saturated rings. The first-order chi connectivity index (χ1) is 23.4. The van der Waals surface area contributed by atoms with E-state index in [1.165, 1.54) is 0 Å². The third kappa shape index (κ3) is 6.35. The van der Waals surface area contributed by atoms with Crippen LogP contribution in [0.4, 0.5) is 17.6 Å². The first kappa shape index (κ1) is 32.7. The maximum atomic E-state index is 14.9. The topological polar surface area (TPSA) is 46.2 Å². The summed E-state index contributed by atoms with van der Waals surface area (Å²) in [6, 6.07) is 13.6. The quantitative estimate of drug-likeness (QED) is 0.133. The second kappa shape index (κ2) is 14.0. The van der Waals surface area contributed by atoms with Crippen molar-refractivity contribution in [2.24, 2.45) is 5.92 Å². The molecule has 1 saturated carbocycles. The van der Waals surface area contributed by atoms with Gasteiger partial charge in [0.2, 0.25) is 0 Å². The zero-order chi connectivity index (χ0) is 33.4. The first-order valence-electron chi connectivity index (χ1n) is 16.2. The van der Waals surface area contributed by atoms with Crippen LogP contribution in [0.25, 0.3) is 40.3 Å². The fourth-order valence-corrected chi connectivity index (χ4v) is 8.13. The predicted octanol–water partition coefficient (Wildman–Crippen LogP) is 10.8. The van der Waals surface area contributed by atoms with E-state index in [1.54, 1.807) is 62.4 Å². The highest BCUT2D eigenvalue weighted by atomic mass is 32.1. The molecule has 8 rings (SSSR count). The minimum Gasteiger partial charge on any atom is -0.491 e. The van der Waals surface area contributed by atoms with Crippen molar-refractivity contribution < 1.29 is 41.2 Å². The van der Waals surface area contributed by atoms with Crippen molar-refractivity contribution in [2.75, 3.05) is 33.0 Å². The van der Waals surface area contributed by atoms with Gasteiger partial charge in [0, 0.05) is 28.2 Å². The van der Waals surface area contributed by atoms with Gasteiger partial charge < -0.3 is 23.7 Å². The number of rotatable bonds is 10. The zero-order valence-corrected chi connectivity index (χ0v) is 28.1. The highest BCUT2D eigenvalue weighted by Gasteiger charge is 2.24. The molecule has 4 aromatic carbocycles. The molecule has 2 aromatic heterocycles. The normalized spacial score (nSPS) is 16.1. The van der Waals surface area contributed by atoms with Crippen LogP contribution in [-0.2, 0) is 4.74 Å². The summed E-state index contributed by atoms with van der Waals surface area (Å²) in [5.41, 5.74) is 0. The van der Waals surface area contributed by atoms with E-state index in [0.717, 1.165) is 55.0 Å². The lowest BCUT2D eigenvalue weighted by molar-refractivity contribution is 0.0667. The van der Waals surface area contributed by atoms with Gasteiger partial charge in [-0.05, 0) is 94.0 Å². The van der Waals surface area contributed by atoms with Gasteiger partial charge in [0.1, 0.15) is 6.61 Å². The average molecular weight is 699 g/mol. The van der Waals surface area contributed by atoms with Crippen LogP contribution in [0.2, 0.25) is 0 Å². The molecule has 1 atom stereocenters. The van der Waals surface area contributed by atoms with E-state index in [4.69, 9.17) is 23.7 Å². The van der Waals surface area contributed by atoms with Crippen molar-refractivity contribution in [2.45, 2.75) is 45.6 Å². The van der Waals surface area contributed by atoms with Crippen LogP contribution in [0.5, 0.6) is 23.0 Å². The Bertz CT molecular complexity index is 2100. The third-order valence-electron chi connectivity index (χ3n) is 8.46. The molecule has 1 saturated heterocycles. The lowest BCUT2D eigenvalue weighted by Gasteiger charge is -2.12. The van der Waals surface area contributed by atoms with Crippen LogP contribution in [0.3, 0.4) is 0 Å². The van der Waals surface area contributed by atoms with Gasteiger partial charge in [0.05, 0.1) is 44.7 Å². The third-order valence-corrected chi connectivity index (χ3v) is 10.9. The Morgan fingerprint density at radius 2 is 0.958 bits per heavy atom. The maximum absolute atomic E-state index is 14.9. The van der Waals surface area contributed by atoms with Crippen LogP contribution >= 0.6 is 22.7 Å². The molecule has 0 amide bonds. The van der Waals surface area contributed by atoms with Gasteiger partial charge in [-0.3, -0.25) is 0 Å². The largest absolute Gasteiger partial charge is 0.491 e. The highest BCUT2D eigenvalue weighted by Crippen LogP contribution is 2.43. The molecule has 0 radical (unpaired) electrons. The van der Waals surface area contributed by atoms with Gasteiger partial charge in [0.15, 0.2) is 46.3 Å². The number of thiophene rings is 2. The summed E-state index contributed by atoms with van der Waals surface area (Å²) < 4.78 is 87.5. The van der Waals surface area contributed by atoms with Crippen LogP contribution in [0.1, 0.15) is 39.5 Å². The van der Waals surface area contributed by atoms with E-state index in [9.17, 15) is 17.6 Å². The van der Waals surface area contributed by atoms with E-state index < -0.39 is 23.3 Å². The molecule has 1 unspecified atom stereocenters. The monoisotopic (exact) mass is 698 g/mol. The summed E-state index contributed by atoms with van der Waals surface area (Å²) >= 11 is 2.19. The fraction of sp³-hybridized carbons (Fsp3) is 0.351. The lowest BCUT2D eigenvalue weighted by atomic mass is 10.1. The number of benzene rings is 4. The molecule has 11 heteroatoms. The molecule has 0 spiro atoms. The Hall–Kier alpha value is -3.80. The van der Waals surface area contributed by atoms with Gasteiger partial charge >= 0.3 is 0 Å². The van der Waals surface area contributed by atoms with Gasteiger partial charge in [-0.1, -0.05) is 0 Å². The number of halogens is 4. The van der Waals surface area contributed by atoms with Crippen molar-refractivity contribution in [1.29, 1.82) is 0 Å². The fourth-order valence-electron chi connectivity index (χ4n) is 5.81. The predicted molar refractivity (Wildman–Crippen MR) is 184 cm³/mol. The molecule has 0 N–H and O–H groups in total. The molecule has 6 aromatic rings. The summed E-state index contributed by atoms with van der Waals surface area (Å²) in [5.74, 6) is -0.336. The van der Waals surface area contributed by atoms with Crippen molar-refractivity contribution in [1.82, 2.24) is 0 Å². The van der Waals surface area contributed by atoms with Crippen molar-refractivity contribution in [3.63, 3.8) is 0 Å². The van der Waals surface area contributed by atoms with E-state index in [0.29, 0.717) is 72.7 Å². The molecule has 2 aliphatic rings. The Balaban J connectivity index is 0.000000152. The Morgan fingerprint density at radius 1 is 0.562 bits per heavy atom. The van der Waals surface area contributed by atoms with E-state index in [1.807, 2.05) is 0 Å². The van der Waals surface area contributed by atoms with Crippen molar-refractivity contribution in [3.05, 3.63) is 71.8 Å². The minimum absolute atomic E-state index is 0.0173. The van der Waals surface area contributed by atoms with Gasteiger partial charge in [0.25, 0.3) is 0 Å². The molecule has 5 nitrogen and oxygen atoms in total. The van der Waals surface area contributed by atoms with Crippen LogP contribution in [0, 0.1) is 29.2 Å². The Morgan fingerprint density at radius 3 is 1.31 bits per heavy atom.